The molecule has 0 heterocycles. The summed E-state index contributed by atoms with van der Waals surface area (Å²) in [5, 5.41) is 0. The van der Waals surface area contributed by atoms with E-state index in [1.807, 2.05) is 24.3 Å². The zero-order valence-electron chi connectivity index (χ0n) is 9.02. The fourth-order valence-electron chi connectivity index (χ4n) is 1.13. The lowest BCUT2D eigenvalue weighted by atomic mass is 10.3. The van der Waals surface area contributed by atoms with Gasteiger partial charge in [-0.1, -0.05) is 15.9 Å². The fraction of sp³-hybridized carbons (Fsp3) is 0.455. The van der Waals surface area contributed by atoms with Crippen molar-refractivity contribution in [3.05, 3.63) is 28.7 Å². The van der Waals surface area contributed by atoms with Gasteiger partial charge < -0.3 is 10.5 Å². The molecule has 90 valence electrons. The number of nitrogens with two attached hydrogens (primary N) is 1. The largest absolute Gasteiger partial charge is 0.493 e. The Bertz CT molecular complexity index is 329. The zero-order chi connectivity index (χ0) is 11.8. The summed E-state index contributed by atoms with van der Waals surface area (Å²) in [5.41, 5.74) is 5.34. The Morgan fingerprint density at radius 1 is 1.25 bits per heavy atom. The minimum Gasteiger partial charge on any atom is -0.493 e. The molecule has 0 spiro atoms. The lowest BCUT2D eigenvalue weighted by molar-refractivity contribution is 0.342. The molecular weight excluding hydrogens is 290 g/mol. The normalized spacial score (nSPS) is 12.4. The van der Waals surface area contributed by atoms with Crippen LogP contribution in [0.5, 0.6) is 5.75 Å². The Kier molecular flexibility index (Phi) is 6.68. The second kappa shape index (κ2) is 7.81. The molecule has 0 fully saturated rings. The van der Waals surface area contributed by atoms with Crippen LogP contribution >= 0.6 is 15.9 Å². The maximum Gasteiger partial charge on any atom is 0.119 e. The highest BCUT2D eigenvalue weighted by Crippen LogP contribution is 2.15. The fourth-order valence-corrected chi connectivity index (χ4v) is 2.36. The second-order valence-corrected chi connectivity index (χ2v) is 5.90. The van der Waals surface area contributed by atoms with Crippen molar-refractivity contribution in [3.8, 4) is 5.75 Å². The van der Waals surface area contributed by atoms with Gasteiger partial charge in [-0.2, -0.15) is 0 Å². The van der Waals surface area contributed by atoms with Crippen molar-refractivity contribution in [2.75, 3.05) is 24.7 Å². The molecule has 0 aliphatic carbocycles. The van der Waals surface area contributed by atoms with E-state index < -0.39 is 10.8 Å². The van der Waals surface area contributed by atoms with Crippen molar-refractivity contribution in [1.29, 1.82) is 0 Å². The highest BCUT2D eigenvalue weighted by atomic mass is 79.9. The molecule has 0 bridgehead atoms. The van der Waals surface area contributed by atoms with Gasteiger partial charge in [0.1, 0.15) is 5.75 Å². The molecule has 0 saturated heterocycles. The van der Waals surface area contributed by atoms with Crippen LogP contribution in [0.25, 0.3) is 0 Å². The van der Waals surface area contributed by atoms with E-state index in [0.29, 0.717) is 24.7 Å². The summed E-state index contributed by atoms with van der Waals surface area (Å²) in [6, 6.07) is 7.60. The Morgan fingerprint density at radius 3 is 2.56 bits per heavy atom. The van der Waals surface area contributed by atoms with Crippen LogP contribution in [-0.4, -0.2) is 28.9 Å². The molecule has 0 saturated carbocycles. The minimum absolute atomic E-state index is 0.485. The standard InChI is InChI=1S/C11H16BrNO2S/c12-10-2-4-11(5-3-10)15-7-9-16(14)8-1-6-13/h2-5H,1,6-9,13H2. The number of benzene rings is 1. The van der Waals surface area contributed by atoms with Crippen molar-refractivity contribution in [2.24, 2.45) is 5.73 Å². The van der Waals surface area contributed by atoms with Crippen LogP contribution in [0.1, 0.15) is 6.42 Å². The van der Waals surface area contributed by atoms with E-state index >= 15 is 0 Å². The van der Waals surface area contributed by atoms with Crippen LogP contribution in [0.3, 0.4) is 0 Å². The molecule has 2 N–H and O–H groups in total. The van der Waals surface area contributed by atoms with Crippen molar-refractivity contribution >= 4 is 26.7 Å². The van der Waals surface area contributed by atoms with Crippen LogP contribution in [0.15, 0.2) is 28.7 Å². The van der Waals surface area contributed by atoms with Crippen molar-refractivity contribution in [2.45, 2.75) is 6.42 Å². The van der Waals surface area contributed by atoms with E-state index in [2.05, 4.69) is 15.9 Å². The summed E-state index contributed by atoms with van der Waals surface area (Å²) >= 11 is 3.35. The van der Waals surface area contributed by atoms with Crippen molar-refractivity contribution in [3.63, 3.8) is 0 Å². The molecule has 1 aromatic rings. The molecule has 1 atom stereocenters. The van der Waals surface area contributed by atoms with Gasteiger partial charge in [-0.3, -0.25) is 4.21 Å². The van der Waals surface area contributed by atoms with E-state index in [1.165, 1.54) is 0 Å². The van der Waals surface area contributed by atoms with Gasteiger partial charge in [0.25, 0.3) is 0 Å². The SMILES string of the molecule is NCCCS(=O)CCOc1ccc(Br)cc1. The number of ether oxygens (including phenoxy) is 1. The summed E-state index contributed by atoms with van der Waals surface area (Å²) in [4.78, 5) is 0. The molecule has 0 amide bonds. The van der Waals surface area contributed by atoms with Crippen LogP contribution in [-0.2, 0) is 10.8 Å². The van der Waals surface area contributed by atoms with Crippen molar-refractivity contribution in [1.82, 2.24) is 0 Å². The zero-order valence-corrected chi connectivity index (χ0v) is 11.4. The van der Waals surface area contributed by atoms with Gasteiger partial charge in [0.05, 0.1) is 12.4 Å². The molecule has 0 radical (unpaired) electrons. The van der Waals surface area contributed by atoms with Crippen molar-refractivity contribution < 1.29 is 8.95 Å². The molecule has 0 aliphatic rings. The first-order valence-electron chi connectivity index (χ1n) is 5.16. The molecule has 3 nitrogen and oxygen atoms in total. The first kappa shape index (κ1) is 13.7. The van der Waals surface area contributed by atoms with E-state index in [4.69, 9.17) is 10.5 Å². The monoisotopic (exact) mass is 305 g/mol. The minimum atomic E-state index is -0.812. The van der Waals surface area contributed by atoms with Crippen LogP contribution in [0.4, 0.5) is 0 Å². The molecular formula is C11H16BrNO2S. The molecule has 1 aromatic carbocycles. The first-order valence-corrected chi connectivity index (χ1v) is 7.44. The molecule has 0 aromatic heterocycles. The van der Waals surface area contributed by atoms with Crippen LogP contribution in [0, 0.1) is 0 Å². The average Bonchev–Trinajstić information content (AvgIpc) is 2.29. The van der Waals surface area contributed by atoms with Gasteiger partial charge in [-0.25, -0.2) is 0 Å². The van der Waals surface area contributed by atoms with E-state index in [-0.39, 0.29) is 0 Å². The Balaban J connectivity index is 2.20. The average molecular weight is 306 g/mol. The number of rotatable bonds is 7. The van der Waals surface area contributed by atoms with Gasteiger partial charge in [0, 0.05) is 21.0 Å². The quantitative estimate of drug-likeness (QED) is 0.837. The highest BCUT2D eigenvalue weighted by Gasteiger charge is 2.00. The summed E-state index contributed by atoms with van der Waals surface area (Å²) in [7, 11) is -0.812. The first-order chi connectivity index (χ1) is 7.72. The highest BCUT2D eigenvalue weighted by molar-refractivity contribution is 9.10. The second-order valence-electron chi connectivity index (χ2n) is 3.29. The summed E-state index contributed by atoms with van der Waals surface area (Å²) in [6.07, 6.45) is 0.810. The van der Waals surface area contributed by atoms with Gasteiger partial charge in [-0.15, -0.1) is 0 Å². The van der Waals surface area contributed by atoms with Gasteiger partial charge in [-0.05, 0) is 37.2 Å². The van der Waals surface area contributed by atoms with Crippen LogP contribution in [0.2, 0.25) is 0 Å². The smallest absolute Gasteiger partial charge is 0.119 e. The predicted octanol–water partition coefficient (Wildman–Crippen LogP) is 1.93. The predicted molar refractivity (Wildman–Crippen MR) is 71.2 cm³/mol. The number of hydrogen-bond donors (Lipinski definition) is 1. The third-order valence-electron chi connectivity index (χ3n) is 1.97. The number of hydrogen-bond acceptors (Lipinski definition) is 3. The maximum absolute atomic E-state index is 11.4. The molecule has 0 aliphatic heterocycles. The Hall–Kier alpha value is -0.390. The third kappa shape index (κ3) is 5.63. The molecule has 16 heavy (non-hydrogen) atoms. The lowest BCUT2D eigenvalue weighted by Gasteiger charge is -2.05. The third-order valence-corrected chi connectivity index (χ3v) is 3.86. The summed E-state index contributed by atoms with van der Waals surface area (Å²) in [5.74, 6) is 2.04. The van der Waals surface area contributed by atoms with Gasteiger partial charge >= 0.3 is 0 Å². The Morgan fingerprint density at radius 2 is 1.94 bits per heavy atom. The van der Waals surface area contributed by atoms with Crippen LogP contribution < -0.4 is 10.5 Å². The molecule has 1 rings (SSSR count). The van der Waals surface area contributed by atoms with E-state index in [9.17, 15) is 4.21 Å². The summed E-state index contributed by atoms with van der Waals surface area (Å²) in [6.45, 7) is 1.08. The molecule has 5 heteroatoms. The topological polar surface area (TPSA) is 52.3 Å². The summed E-state index contributed by atoms with van der Waals surface area (Å²) < 4.78 is 17.9. The lowest BCUT2D eigenvalue weighted by Crippen LogP contribution is -2.13. The van der Waals surface area contributed by atoms with Gasteiger partial charge in [0.15, 0.2) is 0 Å². The maximum atomic E-state index is 11.4. The van der Waals surface area contributed by atoms with Gasteiger partial charge in [0.2, 0.25) is 0 Å². The Labute approximate surface area is 107 Å². The number of halogens is 1. The van der Waals surface area contributed by atoms with E-state index in [0.717, 1.165) is 16.6 Å². The molecule has 1 unspecified atom stereocenters. The van der Waals surface area contributed by atoms with E-state index in [1.54, 1.807) is 0 Å².